The van der Waals surface area contributed by atoms with Crippen molar-refractivity contribution in [1.82, 2.24) is 20.5 Å². The topological polar surface area (TPSA) is 86.4 Å². The van der Waals surface area contributed by atoms with Crippen molar-refractivity contribution in [2.45, 2.75) is 51.2 Å². The summed E-state index contributed by atoms with van der Waals surface area (Å²) in [6, 6.07) is 7.39. The Labute approximate surface area is 178 Å². The minimum Gasteiger partial charge on any atom is -0.335 e. The second kappa shape index (κ2) is 9.00. The molecule has 2 heterocycles. The van der Waals surface area contributed by atoms with Crippen molar-refractivity contribution in [2.75, 3.05) is 11.9 Å². The summed E-state index contributed by atoms with van der Waals surface area (Å²) >= 11 is 7.33. The molecule has 0 saturated heterocycles. The number of nitrogens with zero attached hydrogens (tertiary/aromatic N) is 2. The summed E-state index contributed by atoms with van der Waals surface area (Å²) in [5.74, 6) is 0. The minimum atomic E-state index is -0.194. The van der Waals surface area contributed by atoms with E-state index < -0.39 is 0 Å². The predicted molar refractivity (Wildman–Crippen MR) is 114 cm³/mol. The molecule has 154 valence electrons. The number of fused-ring (bicyclic) bond motifs is 1. The van der Waals surface area contributed by atoms with Crippen LogP contribution in [0.25, 0.3) is 0 Å². The molecule has 1 fully saturated rings. The van der Waals surface area contributed by atoms with Crippen LogP contribution in [0.3, 0.4) is 0 Å². The minimum absolute atomic E-state index is 0.104. The van der Waals surface area contributed by atoms with Crippen molar-refractivity contribution in [3.63, 3.8) is 0 Å². The lowest BCUT2D eigenvalue weighted by Crippen LogP contribution is -2.42. The summed E-state index contributed by atoms with van der Waals surface area (Å²) < 4.78 is 0. The Bertz CT molecular complexity index is 879. The molecule has 1 saturated carbocycles. The molecule has 1 aromatic heterocycles. The molecule has 7 nitrogen and oxygen atoms in total. The third-order valence-corrected chi connectivity index (χ3v) is 6.54. The molecule has 29 heavy (non-hydrogen) atoms. The van der Waals surface area contributed by atoms with Gasteiger partial charge in [-0.1, -0.05) is 47.9 Å². The van der Waals surface area contributed by atoms with Crippen LogP contribution in [0.5, 0.6) is 0 Å². The van der Waals surface area contributed by atoms with Crippen molar-refractivity contribution < 1.29 is 9.59 Å². The summed E-state index contributed by atoms with van der Waals surface area (Å²) in [5, 5.41) is 10.1. The zero-order valence-electron chi connectivity index (χ0n) is 16.0. The lowest BCUT2D eigenvalue weighted by molar-refractivity contribution is 0.192. The third-order valence-electron chi connectivity index (χ3n) is 5.29. The molecule has 4 rings (SSSR count). The van der Waals surface area contributed by atoms with Gasteiger partial charge in [-0.15, -0.1) is 0 Å². The Morgan fingerprint density at radius 1 is 1.21 bits per heavy atom. The maximum Gasteiger partial charge on any atom is 0.321 e. The first-order chi connectivity index (χ1) is 14.1. The monoisotopic (exact) mass is 433 g/mol. The second-order valence-corrected chi connectivity index (χ2v) is 8.95. The summed E-state index contributed by atoms with van der Waals surface area (Å²) in [6.45, 7) is 1.57. The van der Waals surface area contributed by atoms with E-state index in [1.165, 1.54) is 24.2 Å². The quantitative estimate of drug-likeness (QED) is 0.677. The van der Waals surface area contributed by atoms with Crippen LogP contribution in [-0.4, -0.2) is 34.5 Å². The number of thiazole rings is 1. The Morgan fingerprint density at radius 3 is 2.72 bits per heavy atom. The normalized spacial score (nSPS) is 16.4. The van der Waals surface area contributed by atoms with Gasteiger partial charge in [0.15, 0.2) is 5.13 Å². The Hall–Kier alpha value is -2.32. The fourth-order valence-corrected chi connectivity index (χ4v) is 4.85. The van der Waals surface area contributed by atoms with E-state index in [9.17, 15) is 9.59 Å². The molecule has 9 heteroatoms. The maximum atomic E-state index is 12.5. The average Bonchev–Trinajstić information content (AvgIpc) is 3.35. The van der Waals surface area contributed by atoms with Crippen molar-refractivity contribution >= 4 is 40.1 Å². The molecule has 2 aromatic rings. The number of halogens is 1. The predicted octanol–water partition coefficient (Wildman–Crippen LogP) is 4.13. The van der Waals surface area contributed by atoms with Crippen LogP contribution in [0.15, 0.2) is 24.3 Å². The molecule has 2 aliphatic rings. The van der Waals surface area contributed by atoms with Crippen LogP contribution in [0.2, 0.25) is 5.02 Å². The van der Waals surface area contributed by atoms with E-state index in [2.05, 4.69) is 20.9 Å². The highest BCUT2D eigenvalue weighted by molar-refractivity contribution is 7.15. The maximum absolute atomic E-state index is 12.5. The average molecular weight is 434 g/mol. The Balaban J connectivity index is 1.29. The summed E-state index contributed by atoms with van der Waals surface area (Å²) in [6.07, 6.45) is 5.12. The number of rotatable bonds is 4. The zero-order chi connectivity index (χ0) is 20.2. The standard InChI is InChI=1S/C20H24ClN5O2S/c21-14-7-5-13(6-8-14)11-22-20(28)26-10-9-16-17(12-26)29-19(24-16)25-18(27)23-15-3-1-2-4-15/h5-8,15H,1-4,9-12H2,(H,22,28)(H2,23,24,25,27). The highest BCUT2D eigenvalue weighted by atomic mass is 35.5. The van der Waals surface area contributed by atoms with Gasteiger partial charge in [-0.3, -0.25) is 5.32 Å². The van der Waals surface area contributed by atoms with Crippen LogP contribution in [0.4, 0.5) is 14.7 Å². The van der Waals surface area contributed by atoms with Gasteiger partial charge in [-0.05, 0) is 30.5 Å². The number of benzene rings is 1. The summed E-state index contributed by atoms with van der Waals surface area (Å²) in [5.41, 5.74) is 1.96. The Kier molecular flexibility index (Phi) is 6.20. The van der Waals surface area contributed by atoms with Crippen LogP contribution in [0.1, 0.15) is 41.8 Å². The van der Waals surface area contributed by atoms with Gasteiger partial charge in [-0.25, -0.2) is 14.6 Å². The van der Waals surface area contributed by atoms with Crippen molar-refractivity contribution in [1.29, 1.82) is 0 Å². The Morgan fingerprint density at radius 2 is 1.97 bits per heavy atom. The second-order valence-electron chi connectivity index (χ2n) is 7.43. The number of carbonyl (C=O) groups excluding carboxylic acids is 2. The molecule has 4 amide bonds. The molecule has 1 aliphatic carbocycles. The van der Waals surface area contributed by atoms with Gasteiger partial charge in [0.1, 0.15) is 0 Å². The first-order valence-corrected chi connectivity index (χ1v) is 11.1. The smallest absolute Gasteiger partial charge is 0.321 e. The van der Waals surface area contributed by atoms with Crippen molar-refractivity contribution in [3.05, 3.63) is 45.4 Å². The number of amides is 4. The van der Waals surface area contributed by atoms with Crippen LogP contribution in [-0.2, 0) is 19.5 Å². The number of anilines is 1. The number of nitrogens with one attached hydrogen (secondary N) is 3. The van der Waals surface area contributed by atoms with E-state index in [0.717, 1.165) is 29.0 Å². The molecule has 0 atom stereocenters. The first-order valence-electron chi connectivity index (χ1n) is 9.90. The van der Waals surface area contributed by atoms with Crippen LogP contribution in [0, 0.1) is 0 Å². The molecular formula is C20H24ClN5O2S. The van der Waals surface area contributed by atoms with Gasteiger partial charge >= 0.3 is 12.1 Å². The molecule has 0 unspecified atom stereocenters. The highest BCUT2D eigenvalue weighted by Crippen LogP contribution is 2.28. The molecule has 0 spiro atoms. The van der Waals surface area contributed by atoms with Crippen molar-refractivity contribution in [2.24, 2.45) is 0 Å². The van der Waals surface area contributed by atoms with E-state index >= 15 is 0 Å². The van der Waals surface area contributed by atoms with E-state index in [1.54, 1.807) is 4.90 Å². The van der Waals surface area contributed by atoms with Gasteiger partial charge < -0.3 is 15.5 Å². The zero-order valence-corrected chi connectivity index (χ0v) is 17.6. The summed E-state index contributed by atoms with van der Waals surface area (Å²) in [7, 11) is 0. The van der Waals surface area contributed by atoms with E-state index in [4.69, 9.17) is 11.6 Å². The van der Waals surface area contributed by atoms with E-state index in [-0.39, 0.29) is 18.1 Å². The number of aromatic nitrogens is 1. The van der Waals surface area contributed by atoms with Crippen LogP contribution < -0.4 is 16.0 Å². The molecule has 1 aromatic carbocycles. The van der Waals surface area contributed by atoms with Gasteiger partial charge in [0.25, 0.3) is 0 Å². The van der Waals surface area contributed by atoms with Gasteiger partial charge in [0.05, 0.1) is 12.2 Å². The molecule has 3 N–H and O–H groups in total. The van der Waals surface area contributed by atoms with Crippen molar-refractivity contribution in [3.8, 4) is 0 Å². The van der Waals surface area contributed by atoms with E-state index in [0.29, 0.717) is 36.2 Å². The van der Waals surface area contributed by atoms with Gasteiger partial charge in [0.2, 0.25) is 0 Å². The fourth-order valence-electron chi connectivity index (χ4n) is 3.70. The molecule has 1 aliphatic heterocycles. The largest absolute Gasteiger partial charge is 0.335 e. The lowest BCUT2D eigenvalue weighted by atomic mass is 10.2. The first kappa shape index (κ1) is 20.0. The highest BCUT2D eigenvalue weighted by Gasteiger charge is 2.25. The van der Waals surface area contributed by atoms with Crippen LogP contribution >= 0.6 is 22.9 Å². The molecular weight excluding hydrogens is 410 g/mol. The number of hydrogen-bond donors (Lipinski definition) is 3. The summed E-state index contributed by atoms with van der Waals surface area (Å²) in [4.78, 5) is 32.0. The number of carbonyl (C=O) groups is 2. The third kappa shape index (κ3) is 5.19. The van der Waals surface area contributed by atoms with E-state index in [1.807, 2.05) is 24.3 Å². The molecule has 0 radical (unpaired) electrons. The van der Waals surface area contributed by atoms with Gasteiger partial charge in [0, 0.05) is 35.5 Å². The lowest BCUT2D eigenvalue weighted by Gasteiger charge is -2.26. The number of hydrogen-bond acceptors (Lipinski definition) is 4. The van der Waals surface area contributed by atoms with Gasteiger partial charge in [-0.2, -0.15) is 0 Å². The fraction of sp³-hybridized carbons (Fsp3) is 0.450. The SMILES string of the molecule is O=C(Nc1nc2c(s1)CN(C(=O)NCc1ccc(Cl)cc1)CC2)NC1CCCC1. The number of urea groups is 2. The molecule has 0 bridgehead atoms.